The van der Waals surface area contributed by atoms with Gasteiger partial charge in [0.1, 0.15) is 0 Å². The van der Waals surface area contributed by atoms with Crippen LogP contribution in [0.25, 0.3) is 0 Å². The molecule has 1 rings (SSSR count). The highest BCUT2D eigenvalue weighted by atomic mass is 127. The number of nitrogens with one attached hydrogen (secondary N) is 1. The van der Waals surface area contributed by atoms with E-state index in [-0.39, 0.29) is 24.0 Å². The first-order chi connectivity index (χ1) is 8.81. The van der Waals surface area contributed by atoms with Gasteiger partial charge >= 0.3 is 0 Å². The number of aliphatic imine (C=N–C) groups is 1. The van der Waals surface area contributed by atoms with E-state index in [0.717, 1.165) is 37.4 Å². The van der Waals surface area contributed by atoms with Crippen LogP contribution in [0.1, 0.15) is 26.7 Å². The molecule has 6 heteroatoms. The van der Waals surface area contributed by atoms with Gasteiger partial charge < -0.3 is 10.2 Å². The Labute approximate surface area is 144 Å². The zero-order chi connectivity index (χ0) is 13.2. The van der Waals surface area contributed by atoms with Crippen molar-refractivity contribution in [3.05, 3.63) is 0 Å². The van der Waals surface area contributed by atoms with Crippen LogP contribution in [0.3, 0.4) is 0 Å². The molecule has 1 aliphatic rings. The Morgan fingerprint density at radius 1 is 1.47 bits per heavy atom. The van der Waals surface area contributed by atoms with Gasteiger partial charge in [-0.1, -0.05) is 6.92 Å². The molecule has 1 unspecified atom stereocenters. The fourth-order valence-corrected chi connectivity index (χ4v) is 3.58. The van der Waals surface area contributed by atoms with E-state index in [9.17, 15) is 0 Å². The van der Waals surface area contributed by atoms with Crippen LogP contribution in [0, 0.1) is 0 Å². The standard InChI is InChI=1S/C13H27N3S2.HI/c1-4-12-11-16(8-10-18-12)13(14-5-2)15-7-6-9-17-3;/h12H,4-11H2,1-3H3,(H,14,15);1H. The van der Waals surface area contributed by atoms with Gasteiger partial charge in [-0.15, -0.1) is 24.0 Å². The Morgan fingerprint density at radius 3 is 2.89 bits per heavy atom. The summed E-state index contributed by atoms with van der Waals surface area (Å²) in [5.74, 6) is 3.56. The predicted molar refractivity (Wildman–Crippen MR) is 103 cm³/mol. The number of halogens is 1. The minimum atomic E-state index is 0. The fourth-order valence-electron chi connectivity index (χ4n) is 1.98. The lowest BCUT2D eigenvalue weighted by atomic mass is 10.3. The molecule has 1 aliphatic heterocycles. The lowest BCUT2D eigenvalue weighted by Gasteiger charge is -2.34. The maximum Gasteiger partial charge on any atom is 0.193 e. The van der Waals surface area contributed by atoms with Crippen LogP contribution in [0.2, 0.25) is 0 Å². The van der Waals surface area contributed by atoms with Crippen LogP contribution in [0.4, 0.5) is 0 Å². The predicted octanol–water partition coefficient (Wildman–Crippen LogP) is 3.15. The largest absolute Gasteiger partial charge is 0.357 e. The van der Waals surface area contributed by atoms with Crippen LogP contribution < -0.4 is 5.32 Å². The fraction of sp³-hybridized carbons (Fsp3) is 0.923. The molecule has 1 atom stereocenters. The Hall–Kier alpha value is 0.700. The van der Waals surface area contributed by atoms with E-state index in [1.165, 1.54) is 24.3 Å². The van der Waals surface area contributed by atoms with Crippen molar-refractivity contribution >= 4 is 53.5 Å². The zero-order valence-corrected chi connectivity index (χ0v) is 16.3. The first kappa shape index (κ1) is 19.7. The number of hydrogen-bond acceptors (Lipinski definition) is 3. The van der Waals surface area contributed by atoms with Crippen LogP contribution in [-0.4, -0.2) is 60.0 Å². The van der Waals surface area contributed by atoms with E-state index in [1.807, 2.05) is 11.8 Å². The summed E-state index contributed by atoms with van der Waals surface area (Å²) in [6.45, 7) is 8.62. The molecule has 0 amide bonds. The van der Waals surface area contributed by atoms with Gasteiger partial charge in [0.15, 0.2) is 5.96 Å². The molecular weight excluding hydrogens is 389 g/mol. The van der Waals surface area contributed by atoms with Crippen LogP contribution in [-0.2, 0) is 0 Å². The van der Waals surface area contributed by atoms with Crippen molar-refractivity contribution in [3.63, 3.8) is 0 Å². The molecule has 0 aromatic carbocycles. The second kappa shape index (κ2) is 12.4. The average Bonchev–Trinajstić information content (AvgIpc) is 2.42. The summed E-state index contributed by atoms with van der Waals surface area (Å²) in [4.78, 5) is 7.19. The van der Waals surface area contributed by atoms with E-state index < -0.39 is 0 Å². The van der Waals surface area contributed by atoms with Gasteiger partial charge in [-0.3, -0.25) is 4.99 Å². The molecule has 1 saturated heterocycles. The van der Waals surface area contributed by atoms with Gasteiger partial charge in [0.05, 0.1) is 0 Å². The van der Waals surface area contributed by atoms with Crippen molar-refractivity contribution in [1.29, 1.82) is 0 Å². The van der Waals surface area contributed by atoms with Gasteiger partial charge in [0.25, 0.3) is 0 Å². The Kier molecular flexibility index (Phi) is 12.9. The zero-order valence-electron chi connectivity index (χ0n) is 12.4. The quantitative estimate of drug-likeness (QED) is 0.311. The van der Waals surface area contributed by atoms with Crippen LogP contribution in [0.15, 0.2) is 4.99 Å². The molecule has 1 heterocycles. The van der Waals surface area contributed by atoms with Crippen molar-refractivity contribution in [2.45, 2.75) is 31.9 Å². The van der Waals surface area contributed by atoms with Gasteiger partial charge in [-0.05, 0) is 31.8 Å². The molecule has 0 spiro atoms. The SMILES string of the molecule is CCNC(=NCCCSC)N1CCSC(CC)C1.I. The highest BCUT2D eigenvalue weighted by Crippen LogP contribution is 2.21. The normalized spacial score (nSPS) is 20.1. The topological polar surface area (TPSA) is 27.6 Å². The Bertz CT molecular complexity index is 252. The number of guanidine groups is 1. The summed E-state index contributed by atoms with van der Waals surface area (Å²) in [5, 5.41) is 4.21. The van der Waals surface area contributed by atoms with E-state index in [2.05, 4.69) is 42.1 Å². The summed E-state index contributed by atoms with van der Waals surface area (Å²) >= 11 is 4.01. The van der Waals surface area contributed by atoms with Gasteiger partial charge in [-0.2, -0.15) is 23.5 Å². The third-order valence-corrected chi connectivity index (χ3v) is 5.07. The molecule has 1 N–H and O–H groups in total. The van der Waals surface area contributed by atoms with Crippen molar-refractivity contribution < 1.29 is 0 Å². The summed E-state index contributed by atoms with van der Waals surface area (Å²) in [5.41, 5.74) is 0. The second-order valence-electron chi connectivity index (χ2n) is 4.43. The molecule has 19 heavy (non-hydrogen) atoms. The lowest BCUT2D eigenvalue weighted by molar-refractivity contribution is 0.408. The molecule has 0 radical (unpaired) electrons. The average molecular weight is 417 g/mol. The summed E-state index contributed by atoms with van der Waals surface area (Å²) in [6.07, 6.45) is 4.59. The van der Waals surface area contributed by atoms with Crippen molar-refractivity contribution in [3.8, 4) is 0 Å². The summed E-state index contributed by atoms with van der Waals surface area (Å²) in [7, 11) is 0. The van der Waals surface area contributed by atoms with Crippen molar-refractivity contribution in [1.82, 2.24) is 10.2 Å². The van der Waals surface area contributed by atoms with Gasteiger partial charge in [0, 0.05) is 37.2 Å². The van der Waals surface area contributed by atoms with E-state index >= 15 is 0 Å². The number of nitrogens with zero attached hydrogens (tertiary/aromatic N) is 2. The van der Waals surface area contributed by atoms with Gasteiger partial charge in [-0.25, -0.2) is 0 Å². The summed E-state index contributed by atoms with van der Waals surface area (Å²) in [6, 6.07) is 0. The van der Waals surface area contributed by atoms with Crippen LogP contribution in [0.5, 0.6) is 0 Å². The highest BCUT2D eigenvalue weighted by Gasteiger charge is 2.21. The van der Waals surface area contributed by atoms with E-state index in [4.69, 9.17) is 4.99 Å². The van der Waals surface area contributed by atoms with Crippen molar-refractivity contribution in [2.75, 3.05) is 43.9 Å². The number of rotatable bonds is 6. The van der Waals surface area contributed by atoms with Crippen LogP contribution >= 0.6 is 47.5 Å². The molecule has 1 fully saturated rings. The first-order valence-corrected chi connectivity index (χ1v) is 9.39. The minimum absolute atomic E-state index is 0. The maximum absolute atomic E-state index is 4.75. The first-order valence-electron chi connectivity index (χ1n) is 6.95. The molecule has 0 aromatic heterocycles. The smallest absolute Gasteiger partial charge is 0.193 e. The molecule has 114 valence electrons. The number of hydrogen-bond donors (Lipinski definition) is 1. The lowest BCUT2D eigenvalue weighted by Crippen LogP contribution is -2.48. The molecule has 0 bridgehead atoms. The maximum atomic E-state index is 4.75. The third-order valence-electron chi connectivity index (χ3n) is 3.00. The Morgan fingerprint density at radius 2 is 2.26 bits per heavy atom. The molecule has 0 saturated carbocycles. The van der Waals surface area contributed by atoms with Crippen molar-refractivity contribution in [2.24, 2.45) is 4.99 Å². The molecule has 0 aromatic rings. The van der Waals surface area contributed by atoms with Gasteiger partial charge in [0.2, 0.25) is 0 Å². The minimum Gasteiger partial charge on any atom is -0.357 e. The molecule has 3 nitrogen and oxygen atoms in total. The van der Waals surface area contributed by atoms with E-state index in [0.29, 0.717) is 0 Å². The molecular formula is C13H28IN3S2. The van der Waals surface area contributed by atoms with E-state index in [1.54, 1.807) is 0 Å². The monoisotopic (exact) mass is 417 g/mol. The third kappa shape index (κ3) is 7.90. The number of thioether (sulfide) groups is 2. The second-order valence-corrected chi connectivity index (χ2v) is 6.82. The highest BCUT2D eigenvalue weighted by molar-refractivity contribution is 14.0. The summed E-state index contributed by atoms with van der Waals surface area (Å²) < 4.78 is 0. The molecule has 0 aliphatic carbocycles. The Balaban J connectivity index is 0.00000324.